The van der Waals surface area contributed by atoms with Gasteiger partial charge in [-0.2, -0.15) is 0 Å². The number of aryl methyl sites for hydroxylation is 2. The lowest BCUT2D eigenvalue weighted by Crippen LogP contribution is -2.10. The minimum absolute atomic E-state index is 0. The quantitative estimate of drug-likeness (QED) is 0.0759. The largest absolute Gasteiger partial charge is 0.310 e. The Morgan fingerprint density at radius 1 is 0.138 bits per heavy atom. The van der Waals surface area contributed by atoms with E-state index in [1.807, 2.05) is 0 Å². The minimum atomic E-state index is 0. The first-order valence-electron chi connectivity index (χ1n) is 49.3. The van der Waals surface area contributed by atoms with Crippen molar-refractivity contribution in [3.05, 3.63) is 581 Å². The number of para-hydroxylation sites is 10. The van der Waals surface area contributed by atoms with E-state index in [1.165, 1.54) is 120 Å². The highest BCUT2D eigenvalue weighted by molar-refractivity contribution is 6.12. The van der Waals surface area contributed by atoms with Crippen LogP contribution in [0.4, 0.5) is 85.3 Å². The molecule has 0 fully saturated rings. The molecular weight excluding hydrogens is 1760 g/mol. The Hall–Kier alpha value is -19.0. The molecule has 0 amide bonds. The fourth-order valence-electron chi connectivity index (χ4n) is 20.9. The van der Waals surface area contributed by atoms with Gasteiger partial charge >= 0.3 is 0 Å². The minimum Gasteiger partial charge on any atom is -0.310 e. The predicted molar refractivity (Wildman–Crippen MR) is 618 cm³/mol. The van der Waals surface area contributed by atoms with Crippen molar-refractivity contribution >= 4 is 172 Å². The van der Waals surface area contributed by atoms with Gasteiger partial charge in [-0.15, -0.1) is 0 Å². The van der Waals surface area contributed by atoms with Gasteiger partial charge in [0.1, 0.15) is 0 Å². The number of hydrogen-bond donors (Lipinski definition) is 0. The van der Waals surface area contributed by atoms with Crippen LogP contribution in [0.3, 0.4) is 0 Å². The van der Waals surface area contributed by atoms with E-state index in [0.29, 0.717) is 0 Å². The van der Waals surface area contributed by atoms with E-state index in [4.69, 9.17) is 0 Å². The van der Waals surface area contributed by atoms with Gasteiger partial charge in [0.25, 0.3) is 0 Å². The van der Waals surface area contributed by atoms with Crippen molar-refractivity contribution in [1.29, 1.82) is 0 Å². The Balaban J connectivity index is 0.000000122. The third-order valence-electron chi connectivity index (χ3n) is 27.6. The van der Waals surface area contributed by atoms with Crippen LogP contribution in [0.2, 0.25) is 0 Å². The highest BCUT2D eigenvalue weighted by atomic mass is 15.2. The maximum Gasteiger partial charge on any atom is 0.0541 e. The van der Waals surface area contributed by atoms with Crippen LogP contribution < -0.4 is 24.5 Å². The number of nitrogens with zero attached hydrogens (tertiary/aromatic N) is 8. The Kier molecular flexibility index (Phi) is 24.8. The number of hydrogen-bond acceptors (Lipinski definition) is 5. The molecule has 0 bridgehead atoms. The van der Waals surface area contributed by atoms with Crippen LogP contribution >= 0.6 is 0 Å². The van der Waals surface area contributed by atoms with Crippen LogP contribution in [0.25, 0.3) is 126 Å². The van der Waals surface area contributed by atoms with Gasteiger partial charge < -0.3 is 38.2 Å². The second-order valence-corrected chi connectivity index (χ2v) is 36.5. The van der Waals surface area contributed by atoms with Gasteiger partial charge in [0.05, 0.1) is 44.5 Å². The molecule has 0 aliphatic rings. The van der Waals surface area contributed by atoms with Gasteiger partial charge in [-0.1, -0.05) is 335 Å². The summed E-state index contributed by atoms with van der Waals surface area (Å²) in [5.41, 5.74) is 34.7. The van der Waals surface area contributed by atoms with Gasteiger partial charge in [0.15, 0.2) is 0 Å². The first-order valence-corrected chi connectivity index (χ1v) is 49.3. The molecule has 0 N–H and O–H groups in total. The van der Waals surface area contributed by atoms with Crippen LogP contribution in [-0.4, -0.2) is 13.7 Å². The highest BCUT2D eigenvalue weighted by Gasteiger charge is 2.24. The molecule has 3 aromatic heterocycles. The van der Waals surface area contributed by atoms with E-state index in [2.05, 4.69) is 622 Å². The SMILES string of the molecule is C.Cc1cccc(N(c2ccccc2)c2ccc(-c3ccc(N(c4ccccc4)c4cccc(C)c4)cc3)cc2)c1.c1ccc(N(c2ccc(-c3ccc(N(c4ccccc4)c4cccc5ccccc45)cc3)cc2)c2cccc3ccccc23)cc1.c1ccc2c(c1)c1ccccc1n2-c1ccc(N(c2ccc(-n3c4ccccc4c4ccccc43)cc2)c2ccc(-n3c4ccccc4c4ccccc43)cc2)cc1. The van der Waals surface area contributed by atoms with Crippen LogP contribution in [-0.2, 0) is 0 Å². The van der Waals surface area contributed by atoms with Gasteiger partial charge in [0, 0.05) is 134 Å². The molecule has 8 heteroatoms. The standard InChI is InChI=1S/C54H36N4.C44H32N2.C38H32N2.CH4/c1-7-19-49-43(13-1)44-14-2-8-20-50(44)56(49)40-31-25-37(26-32-40)55(38-27-33-41(34-28-38)57-51-21-9-3-15-45(51)46-16-4-10-22-52(46)57)39-29-35-42(36-30-39)58-53-23-11-5-17-47(53)48-18-6-12-24-54(48)58;1-3-17-37(18-4-1)45(43-23-11-15-35-13-7-9-21-41(35)43)39-29-25-33(26-30-39)34-27-31-40(32-28-34)46(38-19-5-2-6-20-38)44-24-12-16-36-14-8-10-22-42(36)44;1-29-11-9-17-37(27-29)39(33-13-5-3-6-14-33)35-23-19-31(20-24-35)32-21-25-36(26-22-32)40(34-15-7-4-8-16-34)38-18-10-12-30(2)28-38;/h1-36H;1-32H;3-28H,1-2H3;1H4. The Bertz CT molecular complexity index is 8220. The molecule has 0 unspecified atom stereocenters. The Morgan fingerprint density at radius 2 is 0.317 bits per heavy atom. The van der Waals surface area contributed by atoms with E-state index in [1.54, 1.807) is 0 Å². The number of benzene rings is 23. The zero-order valence-electron chi connectivity index (χ0n) is 79.8. The average Bonchev–Trinajstić information content (AvgIpc) is 1.61. The van der Waals surface area contributed by atoms with E-state index in [9.17, 15) is 0 Å². The van der Waals surface area contributed by atoms with Crippen molar-refractivity contribution in [3.63, 3.8) is 0 Å². The zero-order chi connectivity index (χ0) is 96.2. The third-order valence-corrected chi connectivity index (χ3v) is 27.6. The molecule has 692 valence electrons. The van der Waals surface area contributed by atoms with Crippen molar-refractivity contribution in [2.75, 3.05) is 24.5 Å². The van der Waals surface area contributed by atoms with Crippen molar-refractivity contribution in [2.45, 2.75) is 21.3 Å². The summed E-state index contributed by atoms with van der Waals surface area (Å²) in [6, 6.07) is 204. The van der Waals surface area contributed by atoms with Crippen molar-refractivity contribution in [3.8, 4) is 39.3 Å². The second kappa shape index (κ2) is 40.1. The van der Waals surface area contributed by atoms with Crippen molar-refractivity contribution < 1.29 is 0 Å². The van der Waals surface area contributed by atoms with Gasteiger partial charge in [-0.25, -0.2) is 0 Å². The van der Waals surface area contributed by atoms with Crippen LogP contribution in [0.1, 0.15) is 18.6 Å². The maximum atomic E-state index is 2.37. The van der Waals surface area contributed by atoms with Gasteiger partial charge in [-0.3, -0.25) is 0 Å². The normalized spacial score (nSPS) is 11.2. The van der Waals surface area contributed by atoms with Crippen LogP contribution in [0, 0.1) is 13.8 Å². The molecule has 0 aliphatic heterocycles. The summed E-state index contributed by atoms with van der Waals surface area (Å²) in [4.78, 5) is 11.7. The average molecular weight is 1860 g/mol. The molecule has 0 atom stereocenters. The van der Waals surface area contributed by atoms with E-state index in [-0.39, 0.29) is 7.43 Å². The van der Waals surface area contributed by atoms with Crippen molar-refractivity contribution in [2.24, 2.45) is 0 Å². The number of fused-ring (bicyclic) bond motifs is 11. The summed E-state index contributed by atoms with van der Waals surface area (Å²) >= 11 is 0. The van der Waals surface area contributed by atoms with Crippen LogP contribution in [0.15, 0.2) is 570 Å². The van der Waals surface area contributed by atoms with E-state index >= 15 is 0 Å². The predicted octanol–water partition coefficient (Wildman–Crippen LogP) is 38.6. The Labute approximate surface area is 846 Å². The lowest BCUT2D eigenvalue weighted by molar-refractivity contribution is 1.16. The maximum absolute atomic E-state index is 2.37. The highest BCUT2D eigenvalue weighted by Crippen LogP contribution is 2.47. The molecule has 0 radical (unpaired) electrons. The monoisotopic (exact) mass is 1860 g/mol. The molecule has 0 spiro atoms. The molecule has 0 saturated carbocycles. The summed E-state index contributed by atoms with van der Waals surface area (Å²) < 4.78 is 7.12. The molecule has 8 nitrogen and oxygen atoms in total. The number of rotatable bonds is 20. The number of anilines is 15. The molecule has 26 rings (SSSR count). The van der Waals surface area contributed by atoms with Gasteiger partial charge in [-0.05, 0) is 301 Å². The Morgan fingerprint density at radius 3 is 0.572 bits per heavy atom. The fraction of sp³-hybridized carbons (Fsp3) is 0.0219. The second-order valence-electron chi connectivity index (χ2n) is 36.5. The zero-order valence-corrected chi connectivity index (χ0v) is 79.8. The molecule has 23 aromatic carbocycles. The van der Waals surface area contributed by atoms with Crippen molar-refractivity contribution in [1.82, 2.24) is 13.7 Å². The first-order chi connectivity index (χ1) is 71.3. The smallest absolute Gasteiger partial charge is 0.0541 e. The summed E-state index contributed by atoms with van der Waals surface area (Å²) in [6.45, 7) is 4.27. The molecular formula is C137H104N8. The molecule has 145 heavy (non-hydrogen) atoms. The third kappa shape index (κ3) is 17.7. The van der Waals surface area contributed by atoms with Crippen LogP contribution in [0.5, 0.6) is 0 Å². The molecule has 26 aromatic rings. The topological polar surface area (TPSA) is 31.0 Å². The molecule has 0 saturated heterocycles. The lowest BCUT2D eigenvalue weighted by Gasteiger charge is -2.27. The van der Waals surface area contributed by atoms with Gasteiger partial charge in [0.2, 0.25) is 0 Å². The summed E-state index contributed by atoms with van der Waals surface area (Å²) in [7, 11) is 0. The molecule has 0 aliphatic carbocycles. The molecule has 3 heterocycles. The lowest BCUT2D eigenvalue weighted by atomic mass is 10.0. The number of aromatic nitrogens is 3. The summed E-state index contributed by atoms with van der Waals surface area (Å²) in [5.74, 6) is 0. The summed E-state index contributed by atoms with van der Waals surface area (Å²) in [5, 5.41) is 12.5. The van der Waals surface area contributed by atoms with E-state index < -0.39 is 0 Å². The summed E-state index contributed by atoms with van der Waals surface area (Å²) in [6.07, 6.45) is 0. The first kappa shape index (κ1) is 89.9. The van der Waals surface area contributed by atoms with E-state index in [0.717, 1.165) is 102 Å². The fourth-order valence-corrected chi connectivity index (χ4v) is 20.9.